The van der Waals surface area contributed by atoms with Crippen molar-refractivity contribution in [2.75, 3.05) is 13.2 Å². The SMILES string of the molecule is C1=NCCCCO1. The van der Waals surface area contributed by atoms with Gasteiger partial charge in [-0.25, -0.2) is 0 Å². The van der Waals surface area contributed by atoms with E-state index in [1.165, 1.54) is 6.42 Å². The van der Waals surface area contributed by atoms with Gasteiger partial charge in [0.1, 0.15) is 0 Å². The molecule has 2 heteroatoms. The summed E-state index contributed by atoms with van der Waals surface area (Å²) in [5.41, 5.74) is 0. The third-order valence-corrected chi connectivity index (χ3v) is 0.948. The standard InChI is InChI=1S/C5H9NO/c1-2-4-7-5-6-3-1/h5H,1-4H2. The molecule has 0 amide bonds. The molecule has 0 atom stereocenters. The van der Waals surface area contributed by atoms with Gasteiger partial charge in [0, 0.05) is 6.54 Å². The van der Waals surface area contributed by atoms with Gasteiger partial charge in [-0.3, -0.25) is 4.99 Å². The highest BCUT2D eigenvalue weighted by atomic mass is 16.5. The van der Waals surface area contributed by atoms with Crippen LogP contribution in [-0.2, 0) is 4.74 Å². The van der Waals surface area contributed by atoms with Crippen molar-refractivity contribution in [3.8, 4) is 0 Å². The molecular formula is C5H9NO. The molecule has 0 saturated heterocycles. The lowest BCUT2D eigenvalue weighted by molar-refractivity contribution is 0.319. The Morgan fingerprint density at radius 3 is 3.43 bits per heavy atom. The molecule has 1 aliphatic rings. The summed E-state index contributed by atoms with van der Waals surface area (Å²) in [6.07, 6.45) is 3.88. The van der Waals surface area contributed by atoms with Crippen LogP contribution >= 0.6 is 0 Å². The fourth-order valence-corrected chi connectivity index (χ4v) is 0.547. The van der Waals surface area contributed by atoms with Gasteiger partial charge in [0.05, 0.1) is 6.61 Å². The van der Waals surface area contributed by atoms with E-state index in [-0.39, 0.29) is 0 Å². The molecule has 0 aromatic rings. The van der Waals surface area contributed by atoms with Gasteiger partial charge in [0.2, 0.25) is 0 Å². The molecule has 0 aromatic heterocycles. The van der Waals surface area contributed by atoms with Crippen molar-refractivity contribution in [3.63, 3.8) is 0 Å². The summed E-state index contributed by atoms with van der Waals surface area (Å²) in [5, 5.41) is 0. The quantitative estimate of drug-likeness (QED) is 0.440. The fraction of sp³-hybridized carbons (Fsp3) is 0.800. The van der Waals surface area contributed by atoms with Gasteiger partial charge in [-0.15, -0.1) is 0 Å². The van der Waals surface area contributed by atoms with Crippen LogP contribution in [0.1, 0.15) is 12.8 Å². The molecule has 0 fully saturated rings. The first-order valence-corrected chi connectivity index (χ1v) is 2.60. The summed E-state index contributed by atoms with van der Waals surface area (Å²) in [6.45, 7) is 1.80. The summed E-state index contributed by atoms with van der Waals surface area (Å²) in [4.78, 5) is 3.92. The molecule has 1 aliphatic heterocycles. The maximum absolute atomic E-state index is 4.90. The first-order valence-electron chi connectivity index (χ1n) is 2.60. The second kappa shape index (κ2) is 2.61. The third kappa shape index (κ3) is 1.57. The summed E-state index contributed by atoms with van der Waals surface area (Å²) >= 11 is 0. The molecule has 1 rings (SSSR count). The minimum Gasteiger partial charge on any atom is -0.483 e. The normalized spacial score (nSPS) is 20.6. The summed E-state index contributed by atoms with van der Waals surface area (Å²) < 4.78 is 4.90. The predicted octanol–water partition coefficient (Wildman–Crippen LogP) is 0.825. The second-order valence-electron chi connectivity index (χ2n) is 1.59. The lowest BCUT2D eigenvalue weighted by Gasteiger charge is -1.89. The second-order valence-corrected chi connectivity index (χ2v) is 1.59. The van der Waals surface area contributed by atoms with Crippen LogP contribution < -0.4 is 0 Å². The largest absolute Gasteiger partial charge is 0.483 e. The van der Waals surface area contributed by atoms with E-state index in [0.717, 1.165) is 19.6 Å². The zero-order valence-electron chi connectivity index (χ0n) is 4.26. The number of rotatable bonds is 0. The molecule has 0 aliphatic carbocycles. The van der Waals surface area contributed by atoms with Crippen molar-refractivity contribution in [3.05, 3.63) is 0 Å². The van der Waals surface area contributed by atoms with E-state index in [2.05, 4.69) is 4.99 Å². The van der Waals surface area contributed by atoms with Crippen LogP contribution in [0.3, 0.4) is 0 Å². The minimum absolute atomic E-state index is 0.851. The van der Waals surface area contributed by atoms with Crippen LogP contribution in [0.2, 0.25) is 0 Å². The van der Waals surface area contributed by atoms with Gasteiger partial charge in [0.15, 0.2) is 6.40 Å². The molecule has 7 heavy (non-hydrogen) atoms. The topological polar surface area (TPSA) is 21.6 Å². The fourth-order valence-electron chi connectivity index (χ4n) is 0.547. The molecule has 0 bridgehead atoms. The lowest BCUT2D eigenvalue weighted by atomic mass is 10.3. The maximum atomic E-state index is 4.90. The van der Waals surface area contributed by atoms with Crippen molar-refractivity contribution >= 4 is 6.40 Å². The first-order chi connectivity index (χ1) is 3.50. The Balaban J connectivity index is 2.20. The summed E-state index contributed by atoms with van der Waals surface area (Å²) in [6, 6.07) is 0. The molecule has 0 saturated carbocycles. The van der Waals surface area contributed by atoms with Crippen LogP contribution in [0.25, 0.3) is 0 Å². The van der Waals surface area contributed by atoms with E-state index in [9.17, 15) is 0 Å². The number of ether oxygens (including phenoxy) is 1. The summed E-state index contributed by atoms with van der Waals surface area (Å²) in [7, 11) is 0. The average Bonchev–Trinajstić information content (AvgIpc) is 1.90. The molecule has 0 N–H and O–H groups in total. The Morgan fingerprint density at radius 1 is 1.43 bits per heavy atom. The van der Waals surface area contributed by atoms with Crippen LogP contribution in [-0.4, -0.2) is 19.6 Å². The Hall–Kier alpha value is -0.530. The number of aliphatic imine (C=N–C) groups is 1. The highest BCUT2D eigenvalue weighted by Gasteiger charge is 1.89. The van der Waals surface area contributed by atoms with E-state index in [0.29, 0.717) is 0 Å². The van der Waals surface area contributed by atoms with E-state index < -0.39 is 0 Å². The van der Waals surface area contributed by atoms with Gasteiger partial charge in [0.25, 0.3) is 0 Å². The van der Waals surface area contributed by atoms with Crippen LogP contribution in [0.4, 0.5) is 0 Å². The van der Waals surface area contributed by atoms with Crippen molar-refractivity contribution in [2.24, 2.45) is 4.99 Å². The van der Waals surface area contributed by atoms with Gasteiger partial charge in [-0.05, 0) is 12.8 Å². The Kier molecular flexibility index (Phi) is 1.72. The Morgan fingerprint density at radius 2 is 2.43 bits per heavy atom. The third-order valence-electron chi connectivity index (χ3n) is 0.948. The van der Waals surface area contributed by atoms with Crippen LogP contribution in [0, 0.1) is 0 Å². The van der Waals surface area contributed by atoms with Crippen LogP contribution in [0.15, 0.2) is 4.99 Å². The lowest BCUT2D eigenvalue weighted by Crippen LogP contribution is -1.85. The molecule has 0 aromatic carbocycles. The smallest absolute Gasteiger partial charge is 0.169 e. The van der Waals surface area contributed by atoms with Gasteiger partial charge >= 0.3 is 0 Å². The highest BCUT2D eigenvalue weighted by molar-refractivity contribution is 5.46. The Bertz CT molecular complexity index is 62.5. The van der Waals surface area contributed by atoms with Crippen molar-refractivity contribution < 1.29 is 4.74 Å². The van der Waals surface area contributed by atoms with E-state index >= 15 is 0 Å². The molecule has 0 spiro atoms. The van der Waals surface area contributed by atoms with Gasteiger partial charge in [-0.2, -0.15) is 0 Å². The first kappa shape index (κ1) is 4.62. The average molecular weight is 99.1 g/mol. The van der Waals surface area contributed by atoms with E-state index in [4.69, 9.17) is 4.74 Å². The van der Waals surface area contributed by atoms with Gasteiger partial charge in [-0.1, -0.05) is 0 Å². The van der Waals surface area contributed by atoms with Crippen molar-refractivity contribution in [2.45, 2.75) is 12.8 Å². The van der Waals surface area contributed by atoms with Crippen molar-refractivity contribution in [1.82, 2.24) is 0 Å². The molecule has 1 heterocycles. The zero-order chi connectivity index (χ0) is 4.95. The van der Waals surface area contributed by atoms with E-state index in [1.54, 1.807) is 6.40 Å². The number of hydrogen-bond acceptors (Lipinski definition) is 2. The molecule has 2 nitrogen and oxygen atoms in total. The molecule has 0 radical (unpaired) electrons. The Labute approximate surface area is 43.2 Å². The number of hydrogen-bond donors (Lipinski definition) is 0. The summed E-state index contributed by atoms with van der Waals surface area (Å²) in [5.74, 6) is 0. The zero-order valence-corrected chi connectivity index (χ0v) is 4.26. The van der Waals surface area contributed by atoms with E-state index in [1.807, 2.05) is 0 Å². The van der Waals surface area contributed by atoms with Crippen LogP contribution in [0.5, 0.6) is 0 Å². The van der Waals surface area contributed by atoms with Gasteiger partial charge < -0.3 is 4.74 Å². The molecule has 40 valence electrons. The molecular weight excluding hydrogens is 90.1 g/mol. The maximum Gasteiger partial charge on any atom is 0.169 e. The number of nitrogens with zero attached hydrogens (tertiary/aromatic N) is 1. The monoisotopic (exact) mass is 99.1 g/mol. The predicted molar refractivity (Wildman–Crippen MR) is 28.5 cm³/mol. The molecule has 0 unspecified atom stereocenters. The van der Waals surface area contributed by atoms with Crippen molar-refractivity contribution in [1.29, 1.82) is 0 Å². The highest BCUT2D eigenvalue weighted by Crippen LogP contribution is 1.92. The minimum atomic E-state index is 0.851.